The van der Waals surface area contributed by atoms with Gasteiger partial charge in [-0.2, -0.15) is 0 Å². The summed E-state index contributed by atoms with van der Waals surface area (Å²) < 4.78 is 16.4. The smallest absolute Gasteiger partial charge is 0.231 e. The molecule has 0 radical (unpaired) electrons. The molecular weight excluding hydrogens is 244 g/mol. The predicted octanol–water partition coefficient (Wildman–Crippen LogP) is 0.892. The Morgan fingerprint density at radius 1 is 1.11 bits per heavy atom. The zero-order valence-electron chi connectivity index (χ0n) is 10.9. The van der Waals surface area contributed by atoms with E-state index in [0.717, 1.165) is 50.9 Å². The molecule has 0 spiro atoms. The average molecular weight is 262 g/mol. The fraction of sp³-hybridized carbons (Fsp3) is 0.571. The summed E-state index contributed by atoms with van der Waals surface area (Å²) >= 11 is 0. The van der Waals surface area contributed by atoms with Crippen molar-refractivity contribution in [2.75, 3.05) is 39.6 Å². The second-order valence-corrected chi connectivity index (χ2v) is 5.20. The first-order valence-electron chi connectivity index (χ1n) is 6.87. The Kier molecular flexibility index (Phi) is 2.83. The number of fused-ring (bicyclic) bond motifs is 2. The summed E-state index contributed by atoms with van der Waals surface area (Å²) in [7, 11) is 0. The van der Waals surface area contributed by atoms with Crippen molar-refractivity contribution >= 4 is 0 Å². The van der Waals surface area contributed by atoms with Gasteiger partial charge in [-0.05, 0) is 23.3 Å². The molecule has 0 aliphatic carbocycles. The van der Waals surface area contributed by atoms with Crippen LogP contribution in [0.15, 0.2) is 12.1 Å². The maximum atomic E-state index is 5.51. The molecule has 5 heteroatoms. The van der Waals surface area contributed by atoms with Crippen molar-refractivity contribution in [3.63, 3.8) is 0 Å². The first-order valence-corrected chi connectivity index (χ1v) is 6.87. The minimum absolute atomic E-state index is 0.341. The molecule has 1 saturated heterocycles. The summed E-state index contributed by atoms with van der Waals surface area (Å²) in [5.74, 6) is 1.77. The van der Waals surface area contributed by atoms with Gasteiger partial charge in [0.05, 0.1) is 13.2 Å². The molecule has 0 saturated carbocycles. The van der Waals surface area contributed by atoms with E-state index >= 15 is 0 Å². The minimum atomic E-state index is 0.341. The van der Waals surface area contributed by atoms with Gasteiger partial charge in [0.25, 0.3) is 0 Å². The molecule has 0 bridgehead atoms. The first-order chi connectivity index (χ1) is 9.42. The van der Waals surface area contributed by atoms with Gasteiger partial charge in [0, 0.05) is 32.2 Å². The van der Waals surface area contributed by atoms with E-state index < -0.39 is 0 Å². The molecule has 19 heavy (non-hydrogen) atoms. The third-order valence-corrected chi connectivity index (χ3v) is 4.13. The summed E-state index contributed by atoms with van der Waals surface area (Å²) in [4.78, 5) is 2.50. The van der Waals surface area contributed by atoms with Gasteiger partial charge in [0.1, 0.15) is 0 Å². The Morgan fingerprint density at radius 3 is 2.74 bits per heavy atom. The highest BCUT2D eigenvalue weighted by Gasteiger charge is 2.29. The Balaban J connectivity index is 1.69. The Bertz CT molecular complexity index is 486. The predicted molar refractivity (Wildman–Crippen MR) is 69.4 cm³/mol. The van der Waals surface area contributed by atoms with Crippen LogP contribution in [0, 0.1) is 0 Å². The van der Waals surface area contributed by atoms with Crippen molar-refractivity contribution < 1.29 is 14.2 Å². The number of nitrogens with zero attached hydrogens (tertiary/aromatic N) is 1. The molecule has 0 unspecified atom stereocenters. The number of morpholine rings is 1. The van der Waals surface area contributed by atoms with Crippen molar-refractivity contribution in [1.29, 1.82) is 0 Å². The Hall–Kier alpha value is -1.30. The fourth-order valence-corrected chi connectivity index (χ4v) is 3.13. The molecule has 0 aromatic heterocycles. The number of ether oxygens (including phenoxy) is 3. The Morgan fingerprint density at radius 2 is 1.89 bits per heavy atom. The van der Waals surface area contributed by atoms with E-state index in [0.29, 0.717) is 12.8 Å². The normalized spacial score (nSPS) is 26.2. The highest BCUT2D eigenvalue weighted by atomic mass is 16.7. The van der Waals surface area contributed by atoms with E-state index in [1.807, 2.05) is 0 Å². The van der Waals surface area contributed by atoms with Crippen molar-refractivity contribution in [3.8, 4) is 11.5 Å². The van der Waals surface area contributed by atoms with Crippen molar-refractivity contribution in [3.05, 3.63) is 23.3 Å². The number of nitrogens with one attached hydrogen (secondary N) is 1. The van der Waals surface area contributed by atoms with E-state index in [2.05, 4.69) is 22.3 Å². The number of benzene rings is 1. The van der Waals surface area contributed by atoms with E-state index in [9.17, 15) is 0 Å². The fourth-order valence-electron chi connectivity index (χ4n) is 3.13. The van der Waals surface area contributed by atoms with E-state index in [1.54, 1.807) is 0 Å². The van der Waals surface area contributed by atoms with E-state index in [-0.39, 0.29) is 0 Å². The lowest BCUT2D eigenvalue weighted by molar-refractivity contribution is 0.0146. The third kappa shape index (κ3) is 1.98. The van der Waals surface area contributed by atoms with Crippen LogP contribution >= 0.6 is 0 Å². The van der Waals surface area contributed by atoms with Crippen LogP contribution in [-0.2, 0) is 11.3 Å². The summed E-state index contributed by atoms with van der Waals surface area (Å²) in [5, 5.41) is 3.50. The summed E-state index contributed by atoms with van der Waals surface area (Å²) in [6, 6.07) is 4.71. The molecule has 5 nitrogen and oxygen atoms in total. The molecule has 102 valence electrons. The van der Waals surface area contributed by atoms with Crippen LogP contribution in [0.2, 0.25) is 0 Å². The molecular formula is C14H18N2O3. The molecule has 1 fully saturated rings. The van der Waals surface area contributed by atoms with Gasteiger partial charge in [-0.3, -0.25) is 4.90 Å². The van der Waals surface area contributed by atoms with Crippen LogP contribution in [0.25, 0.3) is 0 Å². The van der Waals surface area contributed by atoms with Crippen molar-refractivity contribution in [1.82, 2.24) is 10.2 Å². The molecule has 3 aliphatic rings. The van der Waals surface area contributed by atoms with E-state index in [4.69, 9.17) is 14.2 Å². The number of rotatable bonds is 1. The maximum absolute atomic E-state index is 5.51. The van der Waals surface area contributed by atoms with Gasteiger partial charge in [0.15, 0.2) is 11.5 Å². The van der Waals surface area contributed by atoms with Gasteiger partial charge in [-0.15, -0.1) is 0 Å². The lowest BCUT2D eigenvalue weighted by atomic mass is 9.94. The van der Waals surface area contributed by atoms with Crippen LogP contribution < -0.4 is 14.8 Å². The van der Waals surface area contributed by atoms with Gasteiger partial charge in [-0.1, -0.05) is 0 Å². The summed E-state index contributed by atoms with van der Waals surface area (Å²) in [6.45, 7) is 5.90. The monoisotopic (exact) mass is 262 g/mol. The van der Waals surface area contributed by atoms with Crippen LogP contribution in [0.1, 0.15) is 17.2 Å². The highest BCUT2D eigenvalue weighted by molar-refractivity contribution is 5.50. The first kappa shape index (κ1) is 11.5. The number of hydrogen-bond donors (Lipinski definition) is 1. The molecule has 1 atom stereocenters. The van der Waals surface area contributed by atoms with Crippen LogP contribution in [0.5, 0.6) is 11.5 Å². The quantitative estimate of drug-likeness (QED) is 0.814. The third-order valence-electron chi connectivity index (χ3n) is 4.13. The number of hydrogen-bond acceptors (Lipinski definition) is 5. The van der Waals surface area contributed by atoms with Gasteiger partial charge >= 0.3 is 0 Å². The molecule has 1 aromatic carbocycles. The molecule has 0 amide bonds. The molecule has 1 aromatic rings. The van der Waals surface area contributed by atoms with Crippen LogP contribution in [-0.4, -0.2) is 44.5 Å². The minimum Gasteiger partial charge on any atom is -0.454 e. The zero-order valence-corrected chi connectivity index (χ0v) is 10.9. The second kappa shape index (κ2) is 4.67. The van der Waals surface area contributed by atoms with Gasteiger partial charge < -0.3 is 19.5 Å². The van der Waals surface area contributed by atoms with Gasteiger partial charge in [-0.25, -0.2) is 0 Å². The maximum Gasteiger partial charge on any atom is 0.231 e. The SMILES string of the molecule is c1c2c(cc3c1OCO3)[C@@H](N1CCOCC1)CNC2. The second-order valence-electron chi connectivity index (χ2n) is 5.20. The Labute approximate surface area is 112 Å². The lowest BCUT2D eigenvalue weighted by Gasteiger charge is -2.38. The van der Waals surface area contributed by atoms with Crippen molar-refractivity contribution in [2.24, 2.45) is 0 Å². The highest BCUT2D eigenvalue weighted by Crippen LogP contribution is 2.39. The van der Waals surface area contributed by atoms with Gasteiger partial charge in [0.2, 0.25) is 6.79 Å². The summed E-state index contributed by atoms with van der Waals surface area (Å²) in [6.07, 6.45) is 0. The molecule has 3 heterocycles. The van der Waals surface area contributed by atoms with Crippen LogP contribution in [0.3, 0.4) is 0 Å². The van der Waals surface area contributed by atoms with Crippen LogP contribution in [0.4, 0.5) is 0 Å². The van der Waals surface area contributed by atoms with E-state index in [1.165, 1.54) is 11.1 Å². The molecule has 4 rings (SSSR count). The lowest BCUT2D eigenvalue weighted by Crippen LogP contribution is -2.45. The zero-order chi connectivity index (χ0) is 12.7. The largest absolute Gasteiger partial charge is 0.454 e. The standard InChI is InChI=1S/C14H18N2O3/c1-3-17-4-2-16(1)12-8-15-7-10-5-13-14(6-11(10)12)19-9-18-13/h5-6,12,15H,1-4,7-9H2/t12-/m0/s1. The average Bonchev–Trinajstić information content (AvgIpc) is 2.92. The molecule has 3 aliphatic heterocycles. The van der Waals surface area contributed by atoms with Crippen molar-refractivity contribution in [2.45, 2.75) is 12.6 Å². The molecule has 1 N–H and O–H groups in total. The topological polar surface area (TPSA) is 43.0 Å². The summed E-state index contributed by atoms with van der Waals surface area (Å²) in [5.41, 5.74) is 2.71.